The van der Waals surface area contributed by atoms with Gasteiger partial charge in [-0.3, -0.25) is 0 Å². The third-order valence-electron chi connectivity index (χ3n) is 0.884. The molecule has 0 unspecified atom stereocenters. The van der Waals surface area contributed by atoms with Gasteiger partial charge in [0, 0.05) is 12.4 Å². The lowest BCUT2D eigenvalue weighted by Crippen LogP contribution is -2.22. The predicted octanol–water partition coefficient (Wildman–Crippen LogP) is -0.607. The monoisotopic (exact) mass is 124 g/mol. The molecule has 0 saturated carbocycles. The van der Waals surface area contributed by atoms with Gasteiger partial charge in [0.25, 0.3) is 0 Å². The highest BCUT2D eigenvalue weighted by Gasteiger charge is 1.97. The maximum absolute atomic E-state index is 5.27. The minimum atomic E-state index is -0.564. The van der Waals surface area contributed by atoms with Gasteiger partial charge in [-0.1, -0.05) is 0 Å². The van der Waals surface area contributed by atoms with Gasteiger partial charge in [0.2, 0.25) is 0 Å². The Kier molecular flexibility index (Phi) is 1.72. The van der Waals surface area contributed by atoms with E-state index in [1.165, 1.54) is 0 Å². The van der Waals surface area contributed by atoms with E-state index in [1.54, 1.807) is 18.5 Å². The molecular weight excluding hydrogens is 116 g/mol. The van der Waals surface area contributed by atoms with Crippen LogP contribution in [0.3, 0.4) is 0 Å². The van der Waals surface area contributed by atoms with E-state index in [9.17, 15) is 0 Å². The summed E-state index contributed by atoms with van der Waals surface area (Å²) in [7, 11) is 0. The molecule has 0 fully saturated rings. The van der Waals surface area contributed by atoms with E-state index < -0.39 is 6.17 Å². The van der Waals surface area contributed by atoms with Crippen molar-refractivity contribution in [1.82, 2.24) is 9.97 Å². The first-order chi connectivity index (χ1) is 4.30. The number of nitrogens with zero attached hydrogens (tertiary/aromatic N) is 2. The third kappa shape index (κ3) is 1.45. The van der Waals surface area contributed by atoms with Crippen LogP contribution in [0.4, 0.5) is 0 Å². The largest absolute Gasteiger partial charge is 0.310 e. The molecule has 1 aromatic rings. The van der Waals surface area contributed by atoms with Crippen molar-refractivity contribution in [2.75, 3.05) is 0 Å². The minimum absolute atomic E-state index is 0.470. The second kappa shape index (κ2) is 2.52. The highest BCUT2D eigenvalue weighted by molar-refractivity contribution is 4.91. The average molecular weight is 124 g/mol. The number of nitrogens with two attached hydrogens (primary N) is 2. The Hall–Kier alpha value is -1.00. The Morgan fingerprint density at radius 1 is 1.22 bits per heavy atom. The van der Waals surface area contributed by atoms with E-state index in [0.717, 1.165) is 0 Å². The molecule has 4 N–H and O–H groups in total. The molecule has 0 aliphatic heterocycles. The number of hydrogen-bond acceptors (Lipinski definition) is 4. The summed E-state index contributed by atoms with van der Waals surface area (Å²) in [4.78, 5) is 7.63. The van der Waals surface area contributed by atoms with Crippen molar-refractivity contribution in [3.05, 3.63) is 24.3 Å². The highest BCUT2D eigenvalue weighted by atomic mass is 15.0. The standard InChI is InChI=1S/C5H8N4/c6-4(7)5-8-2-1-3-9-5/h1-4H,6-7H2. The summed E-state index contributed by atoms with van der Waals surface area (Å²) in [5, 5.41) is 0. The molecule has 0 radical (unpaired) electrons. The topological polar surface area (TPSA) is 77.8 Å². The van der Waals surface area contributed by atoms with Crippen LogP contribution in [0.5, 0.6) is 0 Å². The zero-order chi connectivity index (χ0) is 6.69. The van der Waals surface area contributed by atoms with Crippen molar-refractivity contribution in [2.45, 2.75) is 6.17 Å². The fourth-order valence-corrected chi connectivity index (χ4v) is 0.483. The molecule has 0 amide bonds. The van der Waals surface area contributed by atoms with Crippen LogP contribution >= 0.6 is 0 Å². The Bertz CT molecular complexity index is 172. The lowest BCUT2D eigenvalue weighted by atomic mass is 10.5. The van der Waals surface area contributed by atoms with E-state index in [2.05, 4.69) is 9.97 Å². The van der Waals surface area contributed by atoms with E-state index in [4.69, 9.17) is 11.5 Å². The van der Waals surface area contributed by atoms with Gasteiger partial charge in [-0.25, -0.2) is 9.97 Å². The summed E-state index contributed by atoms with van der Waals surface area (Å²) >= 11 is 0. The molecule has 48 valence electrons. The molecule has 0 aromatic carbocycles. The fourth-order valence-electron chi connectivity index (χ4n) is 0.483. The van der Waals surface area contributed by atoms with Gasteiger partial charge in [-0.05, 0) is 6.07 Å². The molecule has 1 heterocycles. The number of aromatic nitrogens is 2. The van der Waals surface area contributed by atoms with Gasteiger partial charge in [0.15, 0.2) is 5.82 Å². The first kappa shape index (κ1) is 6.12. The summed E-state index contributed by atoms with van der Waals surface area (Å²) in [5.41, 5.74) is 10.5. The van der Waals surface area contributed by atoms with Crippen molar-refractivity contribution in [3.63, 3.8) is 0 Å². The van der Waals surface area contributed by atoms with Crippen molar-refractivity contribution in [3.8, 4) is 0 Å². The molecule has 0 aliphatic rings. The first-order valence-electron chi connectivity index (χ1n) is 2.59. The van der Waals surface area contributed by atoms with E-state index in [0.29, 0.717) is 5.82 Å². The van der Waals surface area contributed by atoms with Crippen LogP contribution in [0.2, 0.25) is 0 Å². The second-order valence-electron chi connectivity index (χ2n) is 1.63. The summed E-state index contributed by atoms with van der Waals surface area (Å²) in [6, 6.07) is 1.71. The van der Waals surface area contributed by atoms with Gasteiger partial charge < -0.3 is 11.5 Å². The Labute approximate surface area is 52.9 Å². The van der Waals surface area contributed by atoms with Crippen LogP contribution in [-0.4, -0.2) is 9.97 Å². The maximum Gasteiger partial charge on any atom is 0.159 e. The summed E-state index contributed by atoms with van der Waals surface area (Å²) in [6.07, 6.45) is 2.65. The lowest BCUT2D eigenvalue weighted by Gasteiger charge is -1.99. The number of rotatable bonds is 1. The van der Waals surface area contributed by atoms with Gasteiger partial charge in [0.1, 0.15) is 6.17 Å². The van der Waals surface area contributed by atoms with E-state index >= 15 is 0 Å². The lowest BCUT2D eigenvalue weighted by molar-refractivity contribution is 0.705. The molecule has 0 atom stereocenters. The van der Waals surface area contributed by atoms with Gasteiger partial charge in [0.05, 0.1) is 0 Å². The molecule has 9 heavy (non-hydrogen) atoms. The molecule has 4 nitrogen and oxygen atoms in total. The van der Waals surface area contributed by atoms with Gasteiger partial charge in [-0.15, -0.1) is 0 Å². The third-order valence-corrected chi connectivity index (χ3v) is 0.884. The molecule has 4 heteroatoms. The van der Waals surface area contributed by atoms with Gasteiger partial charge in [-0.2, -0.15) is 0 Å². The van der Waals surface area contributed by atoms with Crippen LogP contribution in [0, 0.1) is 0 Å². The van der Waals surface area contributed by atoms with Crippen LogP contribution in [0.1, 0.15) is 12.0 Å². The maximum atomic E-state index is 5.27. The molecule has 0 aliphatic carbocycles. The Balaban J connectivity index is 2.85. The summed E-state index contributed by atoms with van der Waals surface area (Å²) < 4.78 is 0. The number of hydrogen-bond donors (Lipinski definition) is 2. The van der Waals surface area contributed by atoms with Crippen molar-refractivity contribution < 1.29 is 0 Å². The van der Waals surface area contributed by atoms with E-state index in [-0.39, 0.29) is 0 Å². The predicted molar refractivity (Wildman–Crippen MR) is 33.1 cm³/mol. The van der Waals surface area contributed by atoms with Crippen molar-refractivity contribution >= 4 is 0 Å². The highest BCUT2D eigenvalue weighted by Crippen LogP contribution is 1.91. The minimum Gasteiger partial charge on any atom is -0.310 e. The van der Waals surface area contributed by atoms with Crippen LogP contribution in [-0.2, 0) is 0 Å². The summed E-state index contributed by atoms with van der Waals surface area (Å²) in [5.74, 6) is 0.470. The van der Waals surface area contributed by atoms with Crippen molar-refractivity contribution in [2.24, 2.45) is 11.5 Å². The fraction of sp³-hybridized carbons (Fsp3) is 0.200. The molecule has 1 rings (SSSR count). The second-order valence-corrected chi connectivity index (χ2v) is 1.63. The normalized spacial score (nSPS) is 10.1. The van der Waals surface area contributed by atoms with Gasteiger partial charge >= 0.3 is 0 Å². The SMILES string of the molecule is NC(N)c1ncccn1. The van der Waals surface area contributed by atoms with Crippen LogP contribution < -0.4 is 11.5 Å². The van der Waals surface area contributed by atoms with Crippen LogP contribution in [0.25, 0.3) is 0 Å². The summed E-state index contributed by atoms with van der Waals surface area (Å²) in [6.45, 7) is 0. The average Bonchev–Trinajstić information content (AvgIpc) is 1.90. The molecule has 0 saturated heterocycles. The first-order valence-corrected chi connectivity index (χ1v) is 2.59. The van der Waals surface area contributed by atoms with Crippen LogP contribution in [0.15, 0.2) is 18.5 Å². The zero-order valence-corrected chi connectivity index (χ0v) is 4.86. The molecule has 0 spiro atoms. The van der Waals surface area contributed by atoms with E-state index in [1.807, 2.05) is 0 Å². The Morgan fingerprint density at radius 3 is 2.11 bits per heavy atom. The zero-order valence-electron chi connectivity index (χ0n) is 4.86. The van der Waals surface area contributed by atoms with Crippen molar-refractivity contribution in [1.29, 1.82) is 0 Å². The smallest absolute Gasteiger partial charge is 0.159 e. The Morgan fingerprint density at radius 2 is 1.78 bits per heavy atom. The molecule has 0 bridgehead atoms. The quantitative estimate of drug-likeness (QED) is 0.490. The molecular formula is C5H8N4. The molecule has 1 aromatic heterocycles.